The summed E-state index contributed by atoms with van der Waals surface area (Å²) in [5.41, 5.74) is 5.24. The van der Waals surface area contributed by atoms with Crippen LogP contribution in [0.2, 0.25) is 0 Å². The molecule has 0 aromatic carbocycles. The third-order valence-electron chi connectivity index (χ3n) is 4.22. The van der Waals surface area contributed by atoms with Gasteiger partial charge in [-0.3, -0.25) is 4.79 Å². The van der Waals surface area contributed by atoms with Crippen LogP contribution in [-0.4, -0.2) is 35.6 Å². The summed E-state index contributed by atoms with van der Waals surface area (Å²) in [6.45, 7) is 0.603. The maximum absolute atomic E-state index is 11.7. The van der Waals surface area contributed by atoms with E-state index in [1.165, 1.54) is 12.8 Å². The molecule has 0 unspecified atom stereocenters. The topological polar surface area (TPSA) is 122 Å². The van der Waals surface area contributed by atoms with E-state index in [9.17, 15) is 14.4 Å². The Hall–Kier alpha value is -1.79. The van der Waals surface area contributed by atoms with Crippen LogP contribution in [0.4, 0.5) is 4.79 Å². The van der Waals surface area contributed by atoms with Gasteiger partial charge in [-0.05, 0) is 43.4 Å². The molecule has 20 heavy (non-hydrogen) atoms. The van der Waals surface area contributed by atoms with Gasteiger partial charge < -0.3 is 21.5 Å². The van der Waals surface area contributed by atoms with E-state index in [0.29, 0.717) is 6.54 Å². The molecule has 3 amide bonds. The second-order valence-electron chi connectivity index (χ2n) is 5.86. The van der Waals surface area contributed by atoms with Gasteiger partial charge in [-0.1, -0.05) is 0 Å². The summed E-state index contributed by atoms with van der Waals surface area (Å²) < 4.78 is 0. The summed E-state index contributed by atoms with van der Waals surface area (Å²) in [5.74, 6) is -1.01. The number of urea groups is 1. The van der Waals surface area contributed by atoms with Crippen LogP contribution < -0.4 is 16.4 Å². The highest BCUT2D eigenvalue weighted by Crippen LogP contribution is 2.60. The van der Waals surface area contributed by atoms with Gasteiger partial charge in [0.05, 0.1) is 0 Å². The minimum atomic E-state index is -1.16. The lowest BCUT2D eigenvalue weighted by Crippen LogP contribution is -2.47. The lowest BCUT2D eigenvalue weighted by atomic mass is 10.0. The van der Waals surface area contributed by atoms with Gasteiger partial charge in [-0.2, -0.15) is 0 Å². The number of nitrogens with one attached hydrogen (secondary N) is 2. The van der Waals surface area contributed by atoms with E-state index in [0.717, 1.165) is 18.8 Å². The van der Waals surface area contributed by atoms with Gasteiger partial charge in [-0.15, -0.1) is 0 Å². The van der Waals surface area contributed by atoms with Crippen molar-refractivity contribution in [2.45, 2.75) is 44.6 Å². The maximum Gasteiger partial charge on any atom is 0.326 e. The molecular weight excluding hydrogens is 262 g/mol. The quantitative estimate of drug-likeness (QED) is 0.508. The number of primary amides is 1. The zero-order chi connectivity index (χ0) is 14.8. The zero-order valence-corrected chi connectivity index (χ0v) is 11.4. The number of rotatable bonds is 8. The van der Waals surface area contributed by atoms with E-state index in [2.05, 4.69) is 10.6 Å². The first-order valence-corrected chi connectivity index (χ1v) is 6.98. The van der Waals surface area contributed by atoms with Gasteiger partial charge in [0.15, 0.2) is 0 Å². The number of carboxylic acid groups (broad SMARTS) is 1. The Morgan fingerprint density at radius 1 is 1.30 bits per heavy atom. The Labute approximate surface area is 117 Å². The summed E-state index contributed by atoms with van der Waals surface area (Å²) in [4.78, 5) is 33.4. The molecule has 2 rings (SSSR count). The second kappa shape index (κ2) is 5.68. The first-order chi connectivity index (χ1) is 9.43. The molecule has 2 fully saturated rings. The minimum Gasteiger partial charge on any atom is -0.480 e. The Morgan fingerprint density at radius 3 is 2.40 bits per heavy atom. The molecule has 0 spiro atoms. The minimum absolute atomic E-state index is 0.00581. The molecule has 7 nitrogen and oxygen atoms in total. The van der Waals surface area contributed by atoms with E-state index in [1.807, 2.05) is 0 Å². The predicted molar refractivity (Wildman–Crippen MR) is 70.8 cm³/mol. The van der Waals surface area contributed by atoms with E-state index >= 15 is 0 Å². The summed E-state index contributed by atoms with van der Waals surface area (Å²) >= 11 is 0. The largest absolute Gasteiger partial charge is 0.480 e. The first-order valence-electron chi connectivity index (χ1n) is 6.98. The van der Waals surface area contributed by atoms with Crippen LogP contribution in [-0.2, 0) is 9.59 Å². The molecule has 0 heterocycles. The fraction of sp³-hybridized carbons (Fsp3) is 0.769. The molecule has 2 aliphatic carbocycles. The second-order valence-corrected chi connectivity index (χ2v) is 5.86. The lowest BCUT2D eigenvalue weighted by Gasteiger charge is -2.18. The molecular formula is C13H21N3O4. The van der Waals surface area contributed by atoms with Gasteiger partial charge in [0.2, 0.25) is 5.91 Å². The van der Waals surface area contributed by atoms with Gasteiger partial charge in [-0.25, -0.2) is 9.59 Å². The van der Waals surface area contributed by atoms with E-state index in [4.69, 9.17) is 10.8 Å². The summed E-state index contributed by atoms with van der Waals surface area (Å²) in [7, 11) is 0. The monoisotopic (exact) mass is 283 g/mol. The Balaban J connectivity index is 1.73. The third-order valence-corrected chi connectivity index (χ3v) is 4.22. The van der Waals surface area contributed by atoms with Crippen LogP contribution in [0.3, 0.4) is 0 Å². The Bertz CT molecular complexity index is 416. The third kappa shape index (κ3) is 3.85. The average Bonchev–Trinajstić information content (AvgIpc) is 3.24. The molecule has 1 atom stereocenters. The van der Waals surface area contributed by atoms with Crippen molar-refractivity contribution in [3.8, 4) is 0 Å². The zero-order valence-electron chi connectivity index (χ0n) is 11.4. The number of carboxylic acids is 1. The number of amides is 3. The highest BCUT2D eigenvalue weighted by molar-refractivity contribution is 5.83. The summed E-state index contributed by atoms with van der Waals surface area (Å²) in [5, 5.41) is 14.1. The standard InChI is InChI=1S/C13H21N3O4/c14-10(17)4-3-9(11(18)19)16-12(20)15-7-13(5-6-13)8-1-2-8/h8-9H,1-7H2,(H2,14,17)(H,18,19)(H2,15,16,20)/t9-/m0/s1. The van der Waals surface area contributed by atoms with E-state index in [1.54, 1.807) is 0 Å². The molecule has 0 aromatic rings. The molecule has 2 aliphatic rings. The van der Waals surface area contributed by atoms with Crippen molar-refractivity contribution in [3.63, 3.8) is 0 Å². The Kier molecular flexibility index (Phi) is 4.15. The fourth-order valence-electron chi connectivity index (χ4n) is 2.60. The summed E-state index contributed by atoms with van der Waals surface area (Å²) in [6.07, 6.45) is 4.69. The van der Waals surface area contributed by atoms with E-state index in [-0.39, 0.29) is 18.3 Å². The Morgan fingerprint density at radius 2 is 1.95 bits per heavy atom. The van der Waals surface area contributed by atoms with Crippen LogP contribution in [0.5, 0.6) is 0 Å². The highest BCUT2D eigenvalue weighted by atomic mass is 16.4. The highest BCUT2D eigenvalue weighted by Gasteiger charge is 2.53. The average molecular weight is 283 g/mol. The number of nitrogens with two attached hydrogens (primary N) is 1. The van der Waals surface area contributed by atoms with Crippen LogP contribution in [0, 0.1) is 11.3 Å². The predicted octanol–water partition coefficient (Wildman–Crippen LogP) is 0.194. The van der Waals surface area contributed by atoms with Crippen molar-refractivity contribution < 1.29 is 19.5 Å². The van der Waals surface area contributed by atoms with Crippen molar-refractivity contribution >= 4 is 17.9 Å². The molecule has 7 heteroatoms. The number of hydrogen-bond acceptors (Lipinski definition) is 3. The number of carbonyl (C=O) groups is 3. The van der Waals surface area contributed by atoms with Gasteiger partial charge >= 0.3 is 12.0 Å². The first kappa shape index (κ1) is 14.6. The van der Waals surface area contributed by atoms with Gasteiger partial charge in [0.1, 0.15) is 6.04 Å². The van der Waals surface area contributed by atoms with Crippen molar-refractivity contribution in [3.05, 3.63) is 0 Å². The molecule has 0 bridgehead atoms. The molecule has 112 valence electrons. The lowest BCUT2D eigenvalue weighted by molar-refractivity contribution is -0.139. The molecule has 0 radical (unpaired) electrons. The van der Waals surface area contributed by atoms with Gasteiger partial charge in [0, 0.05) is 13.0 Å². The molecule has 2 saturated carbocycles. The molecule has 5 N–H and O–H groups in total. The van der Waals surface area contributed by atoms with Crippen molar-refractivity contribution in [1.82, 2.24) is 10.6 Å². The summed E-state index contributed by atoms with van der Waals surface area (Å²) in [6, 6.07) is -1.58. The fourth-order valence-corrected chi connectivity index (χ4v) is 2.60. The number of aliphatic carboxylic acids is 1. The SMILES string of the molecule is NC(=O)CC[C@H](NC(=O)NCC1(C2CC2)CC1)C(=O)O. The molecule has 0 saturated heterocycles. The van der Waals surface area contributed by atoms with Crippen LogP contribution in [0.25, 0.3) is 0 Å². The van der Waals surface area contributed by atoms with Gasteiger partial charge in [0.25, 0.3) is 0 Å². The smallest absolute Gasteiger partial charge is 0.326 e. The van der Waals surface area contributed by atoms with Crippen LogP contribution in [0.15, 0.2) is 0 Å². The van der Waals surface area contributed by atoms with Crippen LogP contribution >= 0.6 is 0 Å². The van der Waals surface area contributed by atoms with Crippen LogP contribution in [0.1, 0.15) is 38.5 Å². The molecule has 0 aromatic heterocycles. The maximum atomic E-state index is 11.7. The van der Waals surface area contributed by atoms with Crippen molar-refractivity contribution in [2.75, 3.05) is 6.54 Å². The molecule has 0 aliphatic heterocycles. The number of hydrogen-bond donors (Lipinski definition) is 4. The van der Waals surface area contributed by atoms with Crippen molar-refractivity contribution in [1.29, 1.82) is 0 Å². The number of carbonyl (C=O) groups excluding carboxylic acids is 2. The van der Waals surface area contributed by atoms with Crippen molar-refractivity contribution in [2.24, 2.45) is 17.1 Å². The normalized spacial score (nSPS) is 20.8. The van der Waals surface area contributed by atoms with E-state index < -0.39 is 23.9 Å².